The van der Waals surface area contributed by atoms with Crippen LogP contribution in [-0.2, 0) is 0 Å². The molecule has 1 aliphatic rings. The molecular weight excluding hydrogens is 182 g/mol. The van der Waals surface area contributed by atoms with Crippen molar-refractivity contribution < 1.29 is 5.11 Å². The Hall–Kier alpha value is -0.540. The second-order valence-corrected chi connectivity index (χ2v) is 4.65. The van der Waals surface area contributed by atoms with Gasteiger partial charge in [-0.3, -0.25) is 4.98 Å². The quantitative estimate of drug-likeness (QED) is 0.784. The van der Waals surface area contributed by atoms with Crippen LogP contribution < -0.4 is 0 Å². The van der Waals surface area contributed by atoms with Crippen molar-refractivity contribution in [1.82, 2.24) is 4.98 Å². The average Bonchev–Trinajstić information content (AvgIpc) is 2.54. The molecule has 0 spiro atoms. The molecule has 2 nitrogen and oxygen atoms in total. The topological polar surface area (TPSA) is 33.1 Å². The van der Waals surface area contributed by atoms with E-state index in [2.05, 4.69) is 4.98 Å². The minimum absolute atomic E-state index is 0.113. The number of aliphatic hydroxyl groups is 1. The Bertz CT molecular complexity index is 265. The third kappa shape index (κ3) is 2.23. The third-order valence-corrected chi connectivity index (χ3v) is 3.75. The zero-order valence-corrected chi connectivity index (χ0v) is 8.20. The highest BCUT2D eigenvalue weighted by Gasteiger charge is 2.25. The molecule has 0 amide bonds. The average molecular weight is 195 g/mol. The number of pyridine rings is 1. The predicted octanol–water partition coefficient (Wildman–Crippen LogP) is 2.09. The number of hydrogen-bond donors (Lipinski definition) is 1. The summed E-state index contributed by atoms with van der Waals surface area (Å²) in [5.41, 5.74) is 0. The van der Waals surface area contributed by atoms with E-state index in [0.29, 0.717) is 5.25 Å². The van der Waals surface area contributed by atoms with Gasteiger partial charge in [0, 0.05) is 22.5 Å². The van der Waals surface area contributed by atoms with Crippen molar-refractivity contribution in [3.05, 3.63) is 24.5 Å². The first-order chi connectivity index (χ1) is 6.36. The van der Waals surface area contributed by atoms with Crippen molar-refractivity contribution >= 4 is 11.8 Å². The first kappa shape index (κ1) is 9.03. The molecule has 1 N–H and O–H groups in total. The molecule has 70 valence electrons. The van der Waals surface area contributed by atoms with E-state index >= 15 is 0 Å². The van der Waals surface area contributed by atoms with Crippen LogP contribution in [0.2, 0.25) is 0 Å². The van der Waals surface area contributed by atoms with E-state index in [-0.39, 0.29) is 6.10 Å². The van der Waals surface area contributed by atoms with Gasteiger partial charge < -0.3 is 5.11 Å². The summed E-state index contributed by atoms with van der Waals surface area (Å²) in [5, 5.41) is 10.0. The van der Waals surface area contributed by atoms with Crippen molar-refractivity contribution in [3.63, 3.8) is 0 Å². The van der Waals surface area contributed by atoms with Gasteiger partial charge in [0.25, 0.3) is 0 Å². The molecule has 0 saturated heterocycles. The molecule has 1 aliphatic carbocycles. The number of rotatable bonds is 2. The zero-order chi connectivity index (χ0) is 9.10. The van der Waals surface area contributed by atoms with Gasteiger partial charge in [0.15, 0.2) is 0 Å². The maximum absolute atomic E-state index is 9.61. The lowest BCUT2D eigenvalue weighted by atomic mass is 10.3. The number of nitrogens with zero attached hydrogens (tertiary/aromatic N) is 1. The summed E-state index contributed by atoms with van der Waals surface area (Å²) in [7, 11) is 0. The van der Waals surface area contributed by atoms with Gasteiger partial charge in [-0.05, 0) is 31.4 Å². The Morgan fingerprint density at radius 2 is 2.08 bits per heavy atom. The first-order valence-electron chi connectivity index (χ1n) is 4.61. The summed E-state index contributed by atoms with van der Waals surface area (Å²) in [4.78, 5) is 5.17. The molecule has 13 heavy (non-hydrogen) atoms. The lowest BCUT2D eigenvalue weighted by Gasteiger charge is -2.12. The molecule has 3 heteroatoms. The summed E-state index contributed by atoms with van der Waals surface area (Å²) < 4.78 is 0. The van der Waals surface area contributed by atoms with Gasteiger partial charge in [-0.1, -0.05) is 0 Å². The Kier molecular flexibility index (Phi) is 2.86. The zero-order valence-electron chi connectivity index (χ0n) is 7.39. The second-order valence-electron chi connectivity index (χ2n) is 3.34. The maximum Gasteiger partial charge on any atom is 0.0662 e. The third-order valence-electron chi connectivity index (χ3n) is 2.35. The van der Waals surface area contributed by atoms with Crippen molar-refractivity contribution in [2.75, 3.05) is 0 Å². The van der Waals surface area contributed by atoms with Crippen LogP contribution in [0.25, 0.3) is 0 Å². The van der Waals surface area contributed by atoms with Crippen LogP contribution in [0, 0.1) is 0 Å². The van der Waals surface area contributed by atoms with E-state index in [0.717, 1.165) is 19.3 Å². The summed E-state index contributed by atoms with van der Waals surface area (Å²) >= 11 is 1.77. The van der Waals surface area contributed by atoms with Gasteiger partial charge in [0.2, 0.25) is 0 Å². The largest absolute Gasteiger partial charge is 0.392 e. The molecule has 2 atom stereocenters. The predicted molar refractivity (Wildman–Crippen MR) is 53.7 cm³/mol. The molecule has 1 aromatic heterocycles. The lowest BCUT2D eigenvalue weighted by molar-refractivity contribution is 0.188. The molecule has 2 rings (SSSR count). The normalized spacial score (nSPS) is 27.8. The van der Waals surface area contributed by atoms with Crippen LogP contribution >= 0.6 is 11.8 Å². The van der Waals surface area contributed by atoms with Gasteiger partial charge >= 0.3 is 0 Å². The van der Waals surface area contributed by atoms with E-state index in [4.69, 9.17) is 0 Å². The highest BCUT2D eigenvalue weighted by atomic mass is 32.2. The van der Waals surface area contributed by atoms with Gasteiger partial charge in [-0.2, -0.15) is 0 Å². The van der Waals surface area contributed by atoms with E-state index < -0.39 is 0 Å². The molecule has 1 aromatic rings. The minimum atomic E-state index is -0.113. The van der Waals surface area contributed by atoms with E-state index in [1.807, 2.05) is 12.1 Å². The molecule has 1 fully saturated rings. The van der Waals surface area contributed by atoms with Crippen molar-refractivity contribution in [2.24, 2.45) is 0 Å². The summed E-state index contributed by atoms with van der Waals surface area (Å²) in [5.74, 6) is 0. The first-order valence-corrected chi connectivity index (χ1v) is 5.49. The fourth-order valence-electron chi connectivity index (χ4n) is 1.64. The molecule has 0 unspecified atom stereocenters. The number of hydrogen-bond acceptors (Lipinski definition) is 3. The molecule has 0 aliphatic heterocycles. The Balaban J connectivity index is 1.98. The summed E-state index contributed by atoms with van der Waals surface area (Å²) in [6, 6.07) is 3.99. The van der Waals surface area contributed by atoms with Crippen molar-refractivity contribution in [2.45, 2.75) is 35.5 Å². The van der Waals surface area contributed by atoms with Gasteiger partial charge in [-0.25, -0.2) is 0 Å². The number of aliphatic hydroxyl groups excluding tert-OH is 1. The fraction of sp³-hybridized carbons (Fsp3) is 0.500. The standard InChI is InChI=1S/C10H13NOS/c12-9-2-1-3-10(9)13-8-4-6-11-7-5-8/h4-7,9-10,12H,1-3H2/t9-,10-/m1/s1. The fourth-order valence-corrected chi connectivity index (χ4v) is 2.84. The summed E-state index contributed by atoms with van der Waals surface area (Å²) in [6.45, 7) is 0. The second kappa shape index (κ2) is 4.11. The Morgan fingerprint density at radius 3 is 2.69 bits per heavy atom. The number of aromatic nitrogens is 1. The molecule has 0 bridgehead atoms. The molecule has 0 aromatic carbocycles. The highest BCUT2D eigenvalue weighted by molar-refractivity contribution is 8.00. The molecule has 1 saturated carbocycles. The van der Waals surface area contributed by atoms with Crippen LogP contribution in [0.3, 0.4) is 0 Å². The van der Waals surface area contributed by atoms with Crippen LogP contribution in [0.5, 0.6) is 0 Å². The van der Waals surface area contributed by atoms with E-state index in [1.54, 1.807) is 24.2 Å². The SMILES string of the molecule is O[C@@H]1CCC[C@H]1Sc1ccncc1. The van der Waals surface area contributed by atoms with Crippen LogP contribution in [0.1, 0.15) is 19.3 Å². The van der Waals surface area contributed by atoms with Crippen molar-refractivity contribution in [1.29, 1.82) is 0 Å². The highest BCUT2D eigenvalue weighted by Crippen LogP contribution is 2.34. The van der Waals surface area contributed by atoms with E-state index in [1.165, 1.54) is 4.90 Å². The minimum Gasteiger partial charge on any atom is -0.392 e. The molecule has 1 heterocycles. The molecule has 0 radical (unpaired) electrons. The smallest absolute Gasteiger partial charge is 0.0662 e. The molecular formula is C10H13NOS. The van der Waals surface area contributed by atoms with Gasteiger partial charge in [0.1, 0.15) is 0 Å². The summed E-state index contributed by atoms with van der Waals surface area (Å²) in [6.07, 6.45) is 6.73. The van der Waals surface area contributed by atoms with Crippen LogP contribution in [0.4, 0.5) is 0 Å². The Labute approximate surface area is 82.4 Å². The maximum atomic E-state index is 9.61. The van der Waals surface area contributed by atoms with Crippen LogP contribution in [0.15, 0.2) is 29.4 Å². The number of thioether (sulfide) groups is 1. The van der Waals surface area contributed by atoms with Gasteiger partial charge in [-0.15, -0.1) is 11.8 Å². The monoisotopic (exact) mass is 195 g/mol. The van der Waals surface area contributed by atoms with Crippen LogP contribution in [-0.4, -0.2) is 21.4 Å². The Morgan fingerprint density at radius 1 is 1.31 bits per heavy atom. The lowest BCUT2D eigenvalue weighted by Crippen LogP contribution is -2.14. The van der Waals surface area contributed by atoms with Crippen molar-refractivity contribution in [3.8, 4) is 0 Å². The van der Waals surface area contributed by atoms with Gasteiger partial charge in [0.05, 0.1) is 6.10 Å². The van der Waals surface area contributed by atoms with E-state index in [9.17, 15) is 5.11 Å².